The van der Waals surface area contributed by atoms with Gasteiger partial charge in [-0.2, -0.15) is 0 Å². The van der Waals surface area contributed by atoms with Crippen LogP contribution in [0.4, 0.5) is 4.79 Å². The predicted octanol–water partition coefficient (Wildman–Crippen LogP) is 1.22. The molecule has 1 unspecified atom stereocenters. The van der Waals surface area contributed by atoms with Crippen molar-refractivity contribution in [2.45, 2.75) is 25.7 Å². The largest absolute Gasteiger partial charge is 0.493 e. The van der Waals surface area contributed by atoms with Gasteiger partial charge in [0.05, 0.1) is 6.61 Å². The Labute approximate surface area is 152 Å². The van der Waals surface area contributed by atoms with Crippen molar-refractivity contribution in [2.24, 2.45) is 0 Å². The second-order valence-electron chi connectivity index (χ2n) is 7.02. The molecule has 4 amide bonds. The third-order valence-electron chi connectivity index (χ3n) is 5.57. The lowest BCUT2D eigenvalue weighted by Gasteiger charge is -2.34. The van der Waals surface area contributed by atoms with E-state index in [0.717, 1.165) is 30.1 Å². The lowest BCUT2D eigenvalue weighted by atomic mass is 9.96. The van der Waals surface area contributed by atoms with Crippen LogP contribution in [-0.2, 0) is 16.0 Å². The highest BCUT2D eigenvalue weighted by Crippen LogP contribution is 2.33. The molecule has 138 valence electrons. The first-order valence-corrected chi connectivity index (χ1v) is 9.23. The summed E-state index contributed by atoms with van der Waals surface area (Å²) in [5.41, 5.74) is 2.44. The summed E-state index contributed by atoms with van der Waals surface area (Å²) >= 11 is 0. The molecular weight excluding hydrogens is 334 g/mol. The Hall–Kier alpha value is -2.57. The molecular formula is C19H23N3O4. The number of carbonyl (C=O) groups is 3. The predicted molar refractivity (Wildman–Crippen MR) is 93.9 cm³/mol. The van der Waals surface area contributed by atoms with E-state index < -0.39 is 11.8 Å². The van der Waals surface area contributed by atoms with Gasteiger partial charge in [0.15, 0.2) is 0 Å². The molecule has 1 aromatic rings. The van der Waals surface area contributed by atoms with Gasteiger partial charge in [0.25, 0.3) is 0 Å². The number of likely N-dealkylation sites (tertiary alicyclic amines) is 1. The molecule has 2 fully saturated rings. The Morgan fingerprint density at radius 1 is 1.19 bits per heavy atom. The molecule has 0 N–H and O–H groups in total. The molecule has 0 aromatic heterocycles. The highest BCUT2D eigenvalue weighted by Gasteiger charge is 2.39. The van der Waals surface area contributed by atoms with Crippen molar-refractivity contribution >= 4 is 17.8 Å². The van der Waals surface area contributed by atoms with Crippen LogP contribution in [0.1, 0.15) is 30.4 Å². The van der Waals surface area contributed by atoms with Gasteiger partial charge in [-0.05, 0) is 30.5 Å². The monoisotopic (exact) mass is 357 g/mol. The highest BCUT2D eigenvalue weighted by atomic mass is 16.5. The van der Waals surface area contributed by atoms with Gasteiger partial charge < -0.3 is 14.5 Å². The zero-order chi connectivity index (χ0) is 18.3. The number of piperazine rings is 1. The Kier molecular flexibility index (Phi) is 4.30. The maximum absolute atomic E-state index is 12.8. The highest BCUT2D eigenvalue weighted by molar-refractivity contribution is 6.38. The molecule has 3 aliphatic heterocycles. The van der Waals surface area contributed by atoms with E-state index in [1.54, 1.807) is 4.90 Å². The number of urea groups is 1. The van der Waals surface area contributed by atoms with Crippen LogP contribution in [0.2, 0.25) is 0 Å². The van der Waals surface area contributed by atoms with Crippen LogP contribution >= 0.6 is 0 Å². The summed E-state index contributed by atoms with van der Waals surface area (Å²) in [5.74, 6) is -0.0760. The van der Waals surface area contributed by atoms with Gasteiger partial charge in [-0.1, -0.05) is 12.1 Å². The van der Waals surface area contributed by atoms with Gasteiger partial charge in [-0.25, -0.2) is 4.79 Å². The first-order valence-electron chi connectivity index (χ1n) is 9.23. The number of rotatable bonds is 2. The quantitative estimate of drug-likeness (QED) is 0.747. The summed E-state index contributed by atoms with van der Waals surface area (Å²) in [5, 5.41) is 0. The molecule has 3 heterocycles. The van der Waals surface area contributed by atoms with Crippen LogP contribution in [-0.4, -0.2) is 71.9 Å². The Morgan fingerprint density at radius 3 is 2.85 bits per heavy atom. The van der Waals surface area contributed by atoms with Crippen LogP contribution in [0.25, 0.3) is 0 Å². The zero-order valence-corrected chi connectivity index (χ0v) is 14.9. The van der Waals surface area contributed by atoms with Crippen LogP contribution in [0.3, 0.4) is 0 Å². The summed E-state index contributed by atoms with van der Waals surface area (Å²) in [4.78, 5) is 41.3. The third-order valence-corrected chi connectivity index (χ3v) is 5.57. The number of ether oxygens (including phenoxy) is 1. The summed E-state index contributed by atoms with van der Waals surface area (Å²) < 4.78 is 5.55. The number of hydrogen-bond donors (Lipinski definition) is 0. The minimum Gasteiger partial charge on any atom is -0.493 e. The fourth-order valence-electron chi connectivity index (χ4n) is 4.00. The number of amides is 4. The van der Waals surface area contributed by atoms with E-state index in [-0.39, 0.29) is 18.5 Å². The Balaban J connectivity index is 1.43. The van der Waals surface area contributed by atoms with Crippen molar-refractivity contribution in [3.63, 3.8) is 0 Å². The van der Waals surface area contributed by atoms with E-state index in [1.807, 2.05) is 13.0 Å². The molecule has 4 rings (SSSR count). The SMILES string of the molecule is CCN1CCN(C(=O)N2CCC(c3ccc4c(c3)CCO4)C2)C(=O)C1=O. The fraction of sp³-hybridized carbons (Fsp3) is 0.526. The van der Waals surface area contributed by atoms with Gasteiger partial charge >= 0.3 is 17.8 Å². The normalized spacial score (nSPS) is 22.7. The average molecular weight is 357 g/mol. The lowest BCUT2D eigenvalue weighted by molar-refractivity contribution is -0.153. The van der Waals surface area contributed by atoms with Gasteiger partial charge in [0, 0.05) is 45.1 Å². The van der Waals surface area contributed by atoms with Crippen LogP contribution in [0, 0.1) is 0 Å². The lowest BCUT2D eigenvalue weighted by Crippen LogP contribution is -2.58. The number of carbonyl (C=O) groups excluding carboxylic acids is 3. The first kappa shape index (κ1) is 16.9. The van der Waals surface area contributed by atoms with Crippen LogP contribution in [0.5, 0.6) is 5.75 Å². The number of hydrogen-bond acceptors (Lipinski definition) is 4. The molecule has 7 heteroatoms. The first-order chi connectivity index (χ1) is 12.6. The van der Waals surface area contributed by atoms with Crippen molar-refractivity contribution in [3.8, 4) is 5.75 Å². The third kappa shape index (κ3) is 2.81. The molecule has 1 atom stereocenters. The second kappa shape index (κ2) is 6.63. The van der Waals surface area contributed by atoms with E-state index >= 15 is 0 Å². The van der Waals surface area contributed by atoms with Crippen LogP contribution in [0.15, 0.2) is 18.2 Å². The standard InChI is InChI=1S/C19H23N3O4/c1-2-20-8-9-22(18(24)17(20)23)19(25)21-7-5-15(12-21)13-3-4-16-14(11-13)6-10-26-16/h3-4,11,15H,2,5-10,12H2,1H3. The number of benzene rings is 1. The molecule has 3 aliphatic rings. The van der Waals surface area contributed by atoms with Crippen molar-refractivity contribution in [1.82, 2.24) is 14.7 Å². The van der Waals surface area contributed by atoms with Crippen molar-refractivity contribution < 1.29 is 19.1 Å². The Morgan fingerprint density at radius 2 is 2.04 bits per heavy atom. The van der Waals surface area contributed by atoms with Gasteiger partial charge in [-0.3, -0.25) is 14.5 Å². The van der Waals surface area contributed by atoms with Gasteiger partial charge in [0.2, 0.25) is 0 Å². The van der Waals surface area contributed by atoms with E-state index in [9.17, 15) is 14.4 Å². The maximum atomic E-state index is 12.8. The summed E-state index contributed by atoms with van der Waals surface area (Å²) in [6, 6.07) is 5.91. The van der Waals surface area contributed by atoms with Crippen molar-refractivity contribution in [1.29, 1.82) is 0 Å². The molecule has 1 aromatic carbocycles. The molecule has 0 bridgehead atoms. The van der Waals surface area contributed by atoms with E-state index in [1.165, 1.54) is 16.0 Å². The summed E-state index contributed by atoms with van der Waals surface area (Å²) in [6.07, 6.45) is 1.79. The average Bonchev–Trinajstić information content (AvgIpc) is 3.32. The molecule has 26 heavy (non-hydrogen) atoms. The van der Waals surface area contributed by atoms with E-state index in [4.69, 9.17) is 4.74 Å². The molecule has 7 nitrogen and oxygen atoms in total. The molecule has 0 aliphatic carbocycles. The minimum atomic E-state index is -0.707. The van der Waals surface area contributed by atoms with Gasteiger partial charge in [-0.15, -0.1) is 0 Å². The minimum absolute atomic E-state index is 0.257. The number of imide groups is 1. The summed E-state index contributed by atoms with van der Waals surface area (Å²) in [6.45, 7) is 4.91. The topological polar surface area (TPSA) is 70.2 Å². The van der Waals surface area contributed by atoms with Gasteiger partial charge in [0.1, 0.15) is 5.75 Å². The van der Waals surface area contributed by atoms with Crippen molar-refractivity contribution in [2.75, 3.05) is 39.3 Å². The van der Waals surface area contributed by atoms with E-state index in [0.29, 0.717) is 26.2 Å². The number of nitrogens with zero attached hydrogens (tertiary/aromatic N) is 3. The maximum Gasteiger partial charge on any atom is 0.327 e. The smallest absolute Gasteiger partial charge is 0.327 e. The van der Waals surface area contributed by atoms with Crippen LogP contribution < -0.4 is 4.74 Å². The fourth-order valence-corrected chi connectivity index (χ4v) is 4.00. The second-order valence-corrected chi connectivity index (χ2v) is 7.02. The zero-order valence-electron chi connectivity index (χ0n) is 14.9. The molecule has 0 spiro atoms. The number of likely N-dealkylation sites (N-methyl/N-ethyl adjacent to an activating group) is 1. The number of fused-ring (bicyclic) bond motifs is 1. The van der Waals surface area contributed by atoms with E-state index in [2.05, 4.69) is 12.1 Å². The van der Waals surface area contributed by atoms with Crippen molar-refractivity contribution in [3.05, 3.63) is 29.3 Å². The molecule has 0 saturated carbocycles. The Bertz CT molecular complexity index is 763. The molecule has 0 radical (unpaired) electrons. The molecule has 2 saturated heterocycles. The summed E-state index contributed by atoms with van der Waals surface area (Å²) in [7, 11) is 0.